The zero-order valence-corrected chi connectivity index (χ0v) is 16.8. The van der Waals surface area contributed by atoms with Gasteiger partial charge >= 0.3 is 6.09 Å². The van der Waals surface area contributed by atoms with Crippen LogP contribution in [0.4, 0.5) is 10.6 Å². The number of nitriles is 1. The van der Waals surface area contributed by atoms with Gasteiger partial charge in [-0.05, 0) is 52.4 Å². The number of anilines is 1. The van der Waals surface area contributed by atoms with E-state index in [0.717, 1.165) is 25.7 Å². The number of carbonyl (C=O) groups is 1. The van der Waals surface area contributed by atoms with E-state index in [1.165, 1.54) is 0 Å². The van der Waals surface area contributed by atoms with Crippen LogP contribution in [0.15, 0.2) is 6.07 Å². The van der Waals surface area contributed by atoms with Crippen molar-refractivity contribution in [2.75, 3.05) is 24.5 Å². The highest BCUT2D eigenvalue weighted by atomic mass is 16.6. The zero-order valence-electron chi connectivity index (χ0n) is 16.8. The predicted octanol–water partition coefficient (Wildman–Crippen LogP) is 3.37. The lowest BCUT2D eigenvalue weighted by molar-refractivity contribution is 0.0116. The number of amides is 1. The summed E-state index contributed by atoms with van der Waals surface area (Å²) in [5.41, 5.74) is 0.572. The fourth-order valence-corrected chi connectivity index (χ4v) is 3.92. The molecule has 0 unspecified atom stereocenters. The van der Waals surface area contributed by atoms with Crippen molar-refractivity contribution in [2.45, 2.75) is 64.0 Å². The zero-order chi connectivity index (χ0) is 20.1. The molecule has 1 N–H and O–H groups in total. The summed E-state index contributed by atoms with van der Waals surface area (Å²) < 4.78 is 5.61. The quantitative estimate of drug-likeness (QED) is 0.859. The van der Waals surface area contributed by atoms with Crippen molar-refractivity contribution in [3.05, 3.63) is 17.3 Å². The third-order valence-electron chi connectivity index (χ3n) is 5.61. The van der Waals surface area contributed by atoms with Crippen LogP contribution in [0, 0.1) is 17.2 Å². The topological polar surface area (TPSA) is 89.7 Å². The second kappa shape index (κ2) is 6.84. The Kier molecular flexibility index (Phi) is 4.60. The summed E-state index contributed by atoms with van der Waals surface area (Å²) in [6, 6.07) is 3.78. The van der Waals surface area contributed by atoms with Crippen molar-refractivity contribution in [3.63, 3.8) is 0 Å². The average molecular weight is 384 g/mol. The van der Waals surface area contributed by atoms with Crippen LogP contribution in [0.25, 0.3) is 0 Å². The molecular weight excluding hydrogens is 356 g/mol. The summed E-state index contributed by atoms with van der Waals surface area (Å²) in [6.07, 6.45) is 4.02. The predicted molar refractivity (Wildman–Crippen MR) is 104 cm³/mol. The molecule has 1 atom stereocenters. The summed E-state index contributed by atoms with van der Waals surface area (Å²) in [5, 5.41) is 19.8. The van der Waals surface area contributed by atoms with Gasteiger partial charge in [0.15, 0.2) is 0 Å². The third kappa shape index (κ3) is 3.87. The van der Waals surface area contributed by atoms with E-state index in [-0.39, 0.29) is 17.9 Å². The normalized spacial score (nSPS) is 22.7. The Bertz CT molecular complexity index is 818. The van der Waals surface area contributed by atoms with Crippen LogP contribution in [-0.2, 0) is 4.74 Å². The molecule has 0 radical (unpaired) electrons. The van der Waals surface area contributed by atoms with E-state index in [1.54, 1.807) is 6.07 Å². The Balaban J connectivity index is 1.57. The molecule has 0 aromatic carbocycles. The van der Waals surface area contributed by atoms with Crippen LogP contribution in [0.3, 0.4) is 0 Å². The van der Waals surface area contributed by atoms with Gasteiger partial charge in [0.25, 0.3) is 0 Å². The fourth-order valence-electron chi connectivity index (χ4n) is 3.92. The van der Waals surface area contributed by atoms with Crippen molar-refractivity contribution < 1.29 is 14.6 Å². The molecule has 28 heavy (non-hydrogen) atoms. The van der Waals surface area contributed by atoms with Gasteiger partial charge in [0.05, 0.1) is 17.3 Å². The first kappa shape index (κ1) is 18.9. The van der Waals surface area contributed by atoms with E-state index in [4.69, 9.17) is 9.72 Å². The number of nitrogens with zero attached hydrogens (tertiary/aromatic N) is 4. The number of ether oxygens (including phenoxy) is 1. The summed E-state index contributed by atoms with van der Waals surface area (Å²) in [5.74, 6) is 1.53. The second-order valence-electron chi connectivity index (χ2n) is 9.17. The van der Waals surface area contributed by atoms with E-state index >= 15 is 0 Å². The Labute approximate surface area is 165 Å². The lowest BCUT2D eigenvalue weighted by atomic mass is 10.1. The first-order chi connectivity index (χ1) is 13.3. The van der Waals surface area contributed by atoms with Gasteiger partial charge in [-0.1, -0.05) is 0 Å². The number of hydrogen-bond acceptors (Lipinski definition) is 6. The molecule has 1 aromatic rings. The second-order valence-corrected chi connectivity index (χ2v) is 9.17. The number of pyridine rings is 1. The Hall–Kier alpha value is -2.49. The van der Waals surface area contributed by atoms with Gasteiger partial charge in [-0.2, -0.15) is 5.26 Å². The molecule has 0 bridgehead atoms. The highest BCUT2D eigenvalue weighted by molar-refractivity contribution is 5.69. The minimum absolute atomic E-state index is 0.0649. The van der Waals surface area contributed by atoms with Crippen LogP contribution < -0.4 is 4.90 Å². The molecule has 2 aliphatic carbocycles. The van der Waals surface area contributed by atoms with Crippen molar-refractivity contribution in [3.8, 4) is 11.8 Å². The number of piperazine rings is 1. The maximum absolute atomic E-state index is 12.7. The SMILES string of the molecule is CC(C)(C)OC(=O)N1CCN(c2nc(C3CC3)c(O)cc2C#N)C[C@H]1C1CC1. The minimum atomic E-state index is -0.520. The van der Waals surface area contributed by atoms with Crippen LogP contribution in [-0.4, -0.2) is 52.4 Å². The van der Waals surface area contributed by atoms with E-state index in [2.05, 4.69) is 11.0 Å². The van der Waals surface area contributed by atoms with Crippen molar-refractivity contribution in [1.29, 1.82) is 5.26 Å². The average Bonchev–Trinajstić information content (AvgIpc) is 3.52. The van der Waals surface area contributed by atoms with Crippen LogP contribution in [0.1, 0.15) is 63.6 Å². The van der Waals surface area contributed by atoms with Crippen molar-refractivity contribution >= 4 is 11.9 Å². The number of carbonyl (C=O) groups excluding carboxylic acids is 1. The highest BCUT2D eigenvalue weighted by Gasteiger charge is 2.43. The Morgan fingerprint density at radius 2 is 2.00 bits per heavy atom. The maximum atomic E-state index is 12.7. The number of aromatic hydroxyl groups is 1. The minimum Gasteiger partial charge on any atom is -0.506 e. The Morgan fingerprint density at radius 1 is 1.29 bits per heavy atom. The molecule has 3 aliphatic rings. The number of rotatable bonds is 3. The first-order valence-corrected chi connectivity index (χ1v) is 10.2. The van der Waals surface area contributed by atoms with Gasteiger partial charge in [-0.15, -0.1) is 0 Å². The summed E-state index contributed by atoms with van der Waals surface area (Å²) in [4.78, 5) is 21.4. The lowest BCUT2D eigenvalue weighted by Crippen LogP contribution is -2.57. The van der Waals surface area contributed by atoms with Gasteiger partial charge < -0.3 is 19.6 Å². The van der Waals surface area contributed by atoms with Gasteiger partial charge in [-0.3, -0.25) is 0 Å². The molecule has 2 heterocycles. The van der Waals surface area contributed by atoms with E-state index in [1.807, 2.05) is 25.7 Å². The molecule has 7 heteroatoms. The summed E-state index contributed by atoms with van der Waals surface area (Å²) in [6.45, 7) is 7.42. The Morgan fingerprint density at radius 3 is 2.57 bits per heavy atom. The fraction of sp³-hybridized carbons (Fsp3) is 0.667. The first-order valence-electron chi connectivity index (χ1n) is 10.2. The van der Waals surface area contributed by atoms with E-state index in [0.29, 0.717) is 48.5 Å². The van der Waals surface area contributed by atoms with Gasteiger partial charge in [0.2, 0.25) is 0 Å². The van der Waals surface area contributed by atoms with Crippen LogP contribution in [0.5, 0.6) is 5.75 Å². The third-order valence-corrected chi connectivity index (χ3v) is 5.61. The molecule has 150 valence electrons. The monoisotopic (exact) mass is 384 g/mol. The molecule has 1 saturated heterocycles. The summed E-state index contributed by atoms with van der Waals surface area (Å²) >= 11 is 0. The van der Waals surface area contributed by atoms with Crippen molar-refractivity contribution in [2.24, 2.45) is 5.92 Å². The van der Waals surface area contributed by atoms with Gasteiger partial charge in [-0.25, -0.2) is 9.78 Å². The van der Waals surface area contributed by atoms with Crippen molar-refractivity contribution in [1.82, 2.24) is 9.88 Å². The number of hydrogen-bond donors (Lipinski definition) is 1. The molecule has 4 rings (SSSR count). The molecule has 0 spiro atoms. The highest BCUT2D eigenvalue weighted by Crippen LogP contribution is 2.45. The summed E-state index contributed by atoms with van der Waals surface area (Å²) in [7, 11) is 0. The molecule has 1 aliphatic heterocycles. The van der Waals surface area contributed by atoms with E-state index < -0.39 is 5.60 Å². The molecule has 2 saturated carbocycles. The van der Waals surface area contributed by atoms with Gasteiger partial charge in [0.1, 0.15) is 23.2 Å². The van der Waals surface area contributed by atoms with E-state index in [9.17, 15) is 15.2 Å². The molecule has 3 fully saturated rings. The molecule has 1 aromatic heterocycles. The lowest BCUT2D eigenvalue weighted by Gasteiger charge is -2.42. The number of aromatic nitrogens is 1. The molecular formula is C21H28N4O3. The standard InChI is InChI=1S/C21H28N4O3/c1-21(2,3)28-20(27)25-9-8-24(12-16(25)13-4-5-13)19-15(11-22)10-17(26)18(23-19)14-6-7-14/h10,13-14,16,26H,4-9,12H2,1-3H3/t16-/m0/s1. The smallest absolute Gasteiger partial charge is 0.410 e. The largest absolute Gasteiger partial charge is 0.506 e. The van der Waals surface area contributed by atoms with Crippen LogP contribution >= 0.6 is 0 Å². The molecule has 7 nitrogen and oxygen atoms in total. The van der Waals surface area contributed by atoms with Gasteiger partial charge in [0, 0.05) is 31.6 Å². The maximum Gasteiger partial charge on any atom is 0.410 e. The van der Waals surface area contributed by atoms with Crippen LogP contribution in [0.2, 0.25) is 0 Å². The molecule has 1 amide bonds.